The molecular formula is C31H26N6O7. The first-order valence-electron chi connectivity index (χ1n) is 13.6. The van der Waals surface area contributed by atoms with Crippen LogP contribution in [0.5, 0.6) is 5.88 Å². The third-order valence-corrected chi connectivity index (χ3v) is 6.70. The fourth-order valence-electron chi connectivity index (χ4n) is 4.72. The number of anilines is 3. The molecule has 222 valence electrons. The zero-order chi connectivity index (χ0) is 30.6. The van der Waals surface area contributed by atoms with E-state index in [9.17, 15) is 19.5 Å². The van der Waals surface area contributed by atoms with Gasteiger partial charge in [-0.3, -0.25) is 14.7 Å². The van der Waals surface area contributed by atoms with Crippen LogP contribution in [0.25, 0.3) is 11.2 Å². The lowest BCUT2D eigenvalue weighted by molar-refractivity contribution is -0.114. The first-order valence-corrected chi connectivity index (χ1v) is 13.6. The summed E-state index contributed by atoms with van der Waals surface area (Å²) in [6, 6.07) is 26.1. The van der Waals surface area contributed by atoms with E-state index in [-0.39, 0.29) is 29.6 Å². The highest BCUT2D eigenvalue weighted by Crippen LogP contribution is 2.34. The number of carbonyl (C=O) groups excluding carboxylic acids is 3. The molecule has 3 aromatic carbocycles. The van der Waals surface area contributed by atoms with Crippen molar-refractivity contribution in [3.63, 3.8) is 0 Å². The van der Waals surface area contributed by atoms with E-state index < -0.39 is 36.4 Å². The van der Waals surface area contributed by atoms with Crippen LogP contribution in [0.3, 0.4) is 0 Å². The molecule has 6 rings (SSSR count). The summed E-state index contributed by atoms with van der Waals surface area (Å²) in [6.45, 7) is 1.14. The van der Waals surface area contributed by atoms with Crippen LogP contribution in [0.2, 0.25) is 0 Å². The zero-order valence-corrected chi connectivity index (χ0v) is 23.3. The van der Waals surface area contributed by atoms with Gasteiger partial charge >= 0.3 is 12.1 Å². The lowest BCUT2D eigenvalue weighted by Gasteiger charge is -2.23. The Morgan fingerprint density at radius 2 is 1.55 bits per heavy atom. The number of carbonyl (C=O) groups is 3. The van der Waals surface area contributed by atoms with Gasteiger partial charge in [0.1, 0.15) is 6.10 Å². The van der Waals surface area contributed by atoms with Crippen LogP contribution >= 0.6 is 0 Å². The number of benzene rings is 3. The number of aromatic nitrogens is 4. The molecule has 13 nitrogen and oxygen atoms in total. The summed E-state index contributed by atoms with van der Waals surface area (Å²) in [7, 11) is 0. The molecule has 1 fully saturated rings. The predicted molar refractivity (Wildman–Crippen MR) is 157 cm³/mol. The largest absolute Gasteiger partial charge is 0.451 e. The fourth-order valence-corrected chi connectivity index (χ4v) is 4.72. The summed E-state index contributed by atoms with van der Waals surface area (Å²) >= 11 is 0. The Bertz CT molecular complexity index is 1760. The van der Waals surface area contributed by atoms with Gasteiger partial charge in [-0.2, -0.15) is 9.97 Å². The van der Waals surface area contributed by atoms with Crippen molar-refractivity contribution in [3.8, 4) is 5.88 Å². The molecule has 13 heteroatoms. The van der Waals surface area contributed by atoms with Gasteiger partial charge in [0.15, 0.2) is 23.5 Å². The van der Waals surface area contributed by atoms with Gasteiger partial charge in [0.2, 0.25) is 11.9 Å². The lowest BCUT2D eigenvalue weighted by atomic mass is 10.2. The number of rotatable bonds is 7. The van der Waals surface area contributed by atoms with Crippen LogP contribution in [0.4, 0.5) is 22.1 Å². The highest BCUT2D eigenvalue weighted by molar-refractivity contribution is 5.98. The van der Waals surface area contributed by atoms with Crippen molar-refractivity contribution in [1.29, 1.82) is 0 Å². The summed E-state index contributed by atoms with van der Waals surface area (Å²) in [5.41, 5.74) is 1.53. The van der Waals surface area contributed by atoms with Gasteiger partial charge in [0.25, 0.3) is 5.88 Å². The Morgan fingerprint density at radius 1 is 0.932 bits per heavy atom. The Balaban J connectivity index is 1.37. The smallest absolute Gasteiger partial charge is 0.425 e. The van der Waals surface area contributed by atoms with E-state index in [0.29, 0.717) is 16.9 Å². The number of hydrogen-bond acceptors (Lipinski definition) is 10. The number of ether oxygens (including phenoxy) is 3. The Kier molecular flexibility index (Phi) is 7.95. The van der Waals surface area contributed by atoms with Crippen LogP contribution in [-0.2, 0) is 14.3 Å². The number of nitrogens with zero attached hydrogens (tertiary/aromatic N) is 5. The van der Waals surface area contributed by atoms with Gasteiger partial charge in [-0.15, -0.1) is 0 Å². The molecular weight excluding hydrogens is 568 g/mol. The van der Waals surface area contributed by atoms with Crippen molar-refractivity contribution in [2.45, 2.75) is 25.4 Å². The van der Waals surface area contributed by atoms with E-state index in [1.54, 1.807) is 78.9 Å². The van der Waals surface area contributed by atoms with Crippen LogP contribution in [-0.4, -0.2) is 61.4 Å². The molecule has 3 heterocycles. The van der Waals surface area contributed by atoms with Crippen molar-refractivity contribution in [2.24, 2.45) is 0 Å². The molecule has 5 aromatic rings. The van der Waals surface area contributed by atoms with Gasteiger partial charge in [0.05, 0.1) is 29.9 Å². The lowest BCUT2D eigenvalue weighted by Crippen LogP contribution is -2.33. The molecule has 0 radical (unpaired) electrons. The maximum Gasteiger partial charge on any atom is 0.425 e. The van der Waals surface area contributed by atoms with Gasteiger partial charge < -0.3 is 19.3 Å². The van der Waals surface area contributed by atoms with Gasteiger partial charge in [-0.05, 0) is 36.4 Å². The predicted octanol–water partition coefficient (Wildman–Crippen LogP) is 4.24. The Hall–Kier alpha value is -5.66. The molecule has 2 N–H and O–H groups in total. The standard InChI is InChI=1S/C31H26N6O7/c1-19(38)33-30-34-26-24(27(35-30)44-31(41)37(21-13-7-3-8-14-21)22-15-9-4-10-16-22)32-18-36(26)28-25(23(39)17-42-28)43-29(40)20-11-5-2-6-12-20/h2-16,18,23,25,28,39H,17H2,1H3,(H,33,34,35,38)/t23-,25+,28+/m0/s1. The molecule has 1 aliphatic rings. The minimum atomic E-state index is -1.15. The van der Waals surface area contributed by atoms with E-state index >= 15 is 0 Å². The fraction of sp³-hybridized carbons (Fsp3) is 0.161. The summed E-state index contributed by atoms with van der Waals surface area (Å²) in [6.07, 6.45) is -2.78. The summed E-state index contributed by atoms with van der Waals surface area (Å²) in [5, 5.41) is 13.2. The molecule has 0 spiro atoms. The number of para-hydroxylation sites is 2. The zero-order valence-electron chi connectivity index (χ0n) is 23.3. The number of aliphatic hydroxyl groups excluding tert-OH is 1. The number of nitrogens with one attached hydrogen (secondary N) is 1. The minimum Gasteiger partial charge on any atom is -0.451 e. The van der Waals surface area contributed by atoms with Crippen LogP contribution in [0, 0.1) is 0 Å². The highest BCUT2D eigenvalue weighted by atomic mass is 16.6. The number of fused-ring (bicyclic) bond motifs is 1. The number of aliphatic hydroxyl groups is 1. The first kappa shape index (κ1) is 28.5. The summed E-state index contributed by atoms with van der Waals surface area (Å²) < 4.78 is 18.7. The van der Waals surface area contributed by atoms with Crippen molar-refractivity contribution in [3.05, 3.63) is 103 Å². The average molecular weight is 595 g/mol. The average Bonchev–Trinajstić information content (AvgIpc) is 3.61. The molecule has 0 bridgehead atoms. The molecule has 0 aliphatic carbocycles. The third kappa shape index (κ3) is 5.82. The van der Waals surface area contributed by atoms with Crippen molar-refractivity contribution in [2.75, 3.05) is 16.8 Å². The molecule has 0 unspecified atom stereocenters. The minimum absolute atomic E-state index is 0.0617. The second-order valence-corrected chi connectivity index (χ2v) is 9.76. The Morgan fingerprint density at radius 3 is 2.16 bits per heavy atom. The van der Waals surface area contributed by atoms with E-state index in [2.05, 4.69) is 20.3 Å². The van der Waals surface area contributed by atoms with E-state index in [1.165, 1.54) is 22.7 Å². The molecule has 0 saturated carbocycles. The number of imidazole rings is 1. The van der Waals surface area contributed by atoms with Gasteiger partial charge in [-0.25, -0.2) is 19.5 Å². The van der Waals surface area contributed by atoms with Crippen molar-refractivity contribution < 1.29 is 33.7 Å². The molecule has 1 aliphatic heterocycles. The Labute approximate surface area is 250 Å². The summed E-state index contributed by atoms with van der Waals surface area (Å²) in [4.78, 5) is 52.9. The normalized spacial score (nSPS) is 17.6. The monoisotopic (exact) mass is 594 g/mol. The molecule has 44 heavy (non-hydrogen) atoms. The molecule has 2 amide bonds. The van der Waals surface area contributed by atoms with E-state index in [4.69, 9.17) is 14.2 Å². The molecule has 2 aromatic heterocycles. The second-order valence-electron chi connectivity index (χ2n) is 9.76. The topological polar surface area (TPSA) is 158 Å². The number of hydrogen-bond donors (Lipinski definition) is 2. The first-order chi connectivity index (χ1) is 21.4. The number of amides is 2. The van der Waals surface area contributed by atoms with Gasteiger partial charge in [-0.1, -0.05) is 54.6 Å². The van der Waals surface area contributed by atoms with Crippen molar-refractivity contribution >= 4 is 46.5 Å². The van der Waals surface area contributed by atoms with Crippen LogP contribution < -0.4 is 15.0 Å². The van der Waals surface area contributed by atoms with Crippen LogP contribution in [0.1, 0.15) is 23.5 Å². The van der Waals surface area contributed by atoms with Gasteiger partial charge in [0, 0.05) is 6.92 Å². The maximum atomic E-state index is 13.7. The SMILES string of the molecule is CC(=O)Nc1nc(OC(=O)N(c2ccccc2)c2ccccc2)c2ncn([C@@H]3OC[C@H](O)[C@H]3OC(=O)c3ccccc3)c2n1. The molecule has 1 saturated heterocycles. The van der Waals surface area contributed by atoms with E-state index in [1.807, 2.05) is 12.1 Å². The maximum absolute atomic E-state index is 13.7. The highest BCUT2D eigenvalue weighted by Gasteiger charge is 2.42. The third-order valence-electron chi connectivity index (χ3n) is 6.70. The second kappa shape index (κ2) is 12.3. The molecule has 3 atom stereocenters. The van der Waals surface area contributed by atoms with Crippen molar-refractivity contribution in [1.82, 2.24) is 19.5 Å². The number of esters is 1. The van der Waals surface area contributed by atoms with Crippen LogP contribution in [0.15, 0.2) is 97.3 Å². The summed E-state index contributed by atoms with van der Waals surface area (Å²) in [5.74, 6) is -1.53. The van der Waals surface area contributed by atoms with E-state index in [0.717, 1.165) is 0 Å². The quantitative estimate of drug-likeness (QED) is 0.261.